The third-order valence-electron chi connectivity index (χ3n) is 6.61. The molecule has 1 saturated heterocycles. The standard InChI is InChI=1S/C26H35N3O3/c1-18(27-21(16-30)17-31)19-7-8-24-23(14-19)26(2,3)15-25(28-24)20-5-4-6-22(13-20)29-9-11-32-12-10-29/h4-8,13-14,21,25,27-28,30-31H,1,9-12,15-17H2,2-3H3. The summed E-state index contributed by atoms with van der Waals surface area (Å²) in [6.07, 6.45) is 0.978. The Balaban J connectivity index is 1.56. The molecule has 2 aliphatic heterocycles. The molecule has 2 aliphatic rings. The summed E-state index contributed by atoms with van der Waals surface area (Å²) in [4.78, 5) is 2.39. The van der Waals surface area contributed by atoms with E-state index in [-0.39, 0.29) is 24.7 Å². The van der Waals surface area contributed by atoms with Crippen LogP contribution >= 0.6 is 0 Å². The van der Waals surface area contributed by atoms with Gasteiger partial charge in [0.05, 0.1) is 38.5 Å². The van der Waals surface area contributed by atoms with Gasteiger partial charge in [0.2, 0.25) is 0 Å². The lowest BCUT2D eigenvalue weighted by molar-refractivity contribution is 0.122. The van der Waals surface area contributed by atoms with Crippen molar-refractivity contribution in [3.05, 3.63) is 65.7 Å². The summed E-state index contributed by atoms with van der Waals surface area (Å²) in [6.45, 7) is 11.8. The van der Waals surface area contributed by atoms with Gasteiger partial charge in [0.25, 0.3) is 0 Å². The predicted molar refractivity (Wildman–Crippen MR) is 130 cm³/mol. The zero-order valence-electron chi connectivity index (χ0n) is 19.1. The van der Waals surface area contributed by atoms with Crippen molar-refractivity contribution in [1.29, 1.82) is 0 Å². The Morgan fingerprint density at radius 3 is 2.66 bits per heavy atom. The highest BCUT2D eigenvalue weighted by molar-refractivity contribution is 5.69. The molecule has 0 amide bonds. The Morgan fingerprint density at radius 1 is 1.19 bits per heavy atom. The molecule has 1 atom stereocenters. The van der Waals surface area contributed by atoms with E-state index in [1.807, 2.05) is 6.07 Å². The minimum absolute atomic E-state index is 0.0239. The first-order valence-corrected chi connectivity index (χ1v) is 11.4. The van der Waals surface area contributed by atoms with Crippen LogP contribution in [0.3, 0.4) is 0 Å². The SMILES string of the molecule is C=C(NC(CO)CO)c1ccc2c(c1)C(C)(C)CC(c1cccc(N3CCOCC3)c1)N2. The first kappa shape index (κ1) is 22.6. The van der Waals surface area contributed by atoms with Crippen LogP contribution in [-0.2, 0) is 10.2 Å². The summed E-state index contributed by atoms with van der Waals surface area (Å²) >= 11 is 0. The Bertz CT molecular complexity index is 949. The van der Waals surface area contributed by atoms with Crippen molar-refractivity contribution in [2.24, 2.45) is 0 Å². The number of anilines is 2. The van der Waals surface area contributed by atoms with Gasteiger partial charge in [-0.2, -0.15) is 0 Å². The van der Waals surface area contributed by atoms with Crippen LogP contribution in [0.1, 0.15) is 43.0 Å². The van der Waals surface area contributed by atoms with E-state index in [2.05, 4.69) is 72.4 Å². The van der Waals surface area contributed by atoms with Gasteiger partial charge in [0.15, 0.2) is 0 Å². The Hall–Kier alpha value is -2.54. The molecule has 2 aromatic carbocycles. The van der Waals surface area contributed by atoms with E-state index < -0.39 is 6.04 Å². The van der Waals surface area contributed by atoms with E-state index in [0.29, 0.717) is 5.70 Å². The van der Waals surface area contributed by atoms with E-state index in [0.717, 1.165) is 44.0 Å². The number of aliphatic hydroxyl groups excluding tert-OH is 2. The molecule has 0 aliphatic carbocycles. The molecule has 0 bridgehead atoms. The molecule has 1 fully saturated rings. The van der Waals surface area contributed by atoms with Crippen LogP contribution in [0.15, 0.2) is 49.0 Å². The minimum Gasteiger partial charge on any atom is -0.394 e. The van der Waals surface area contributed by atoms with Crippen LogP contribution in [0.4, 0.5) is 11.4 Å². The minimum atomic E-state index is -0.409. The molecule has 172 valence electrons. The molecular weight excluding hydrogens is 402 g/mol. The molecule has 4 N–H and O–H groups in total. The number of ether oxygens (including phenoxy) is 1. The average Bonchev–Trinajstić information content (AvgIpc) is 2.82. The summed E-state index contributed by atoms with van der Waals surface area (Å²) in [5.74, 6) is 0. The molecule has 2 aromatic rings. The van der Waals surface area contributed by atoms with Crippen molar-refractivity contribution >= 4 is 17.1 Å². The molecule has 2 heterocycles. The molecule has 1 unspecified atom stereocenters. The van der Waals surface area contributed by atoms with Crippen molar-refractivity contribution < 1.29 is 14.9 Å². The second-order valence-corrected chi connectivity index (χ2v) is 9.42. The molecule has 6 heteroatoms. The Kier molecular flexibility index (Phi) is 6.74. The molecule has 0 saturated carbocycles. The van der Waals surface area contributed by atoms with Crippen LogP contribution in [0.5, 0.6) is 0 Å². The van der Waals surface area contributed by atoms with E-state index in [4.69, 9.17) is 4.74 Å². The third-order valence-corrected chi connectivity index (χ3v) is 6.61. The zero-order valence-corrected chi connectivity index (χ0v) is 19.1. The van der Waals surface area contributed by atoms with Crippen LogP contribution in [0.25, 0.3) is 5.70 Å². The van der Waals surface area contributed by atoms with Crippen LogP contribution < -0.4 is 15.5 Å². The number of nitrogens with one attached hydrogen (secondary N) is 2. The molecular formula is C26H35N3O3. The highest BCUT2D eigenvalue weighted by atomic mass is 16.5. The van der Waals surface area contributed by atoms with Gasteiger partial charge in [-0.3, -0.25) is 0 Å². The van der Waals surface area contributed by atoms with Crippen LogP contribution in [0, 0.1) is 0 Å². The zero-order chi connectivity index (χ0) is 22.7. The number of hydrogen-bond donors (Lipinski definition) is 4. The maximum absolute atomic E-state index is 9.35. The molecule has 0 aromatic heterocycles. The van der Waals surface area contributed by atoms with E-state index in [1.165, 1.54) is 16.8 Å². The van der Waals surface area contributed by atoms with Gasteiger partial charge >= 0.3 is 0 Å². The summed E-state index contributed by atoms with van der Waals surface area (Å²) in [7, 11) is 0. The fourth-order valence-electron chi connectivity index (χ4n) is 4.72. The van der Waals surface area contributed by atoms with E-state index >= 15 is 0 Å². The van der Waals surface area contributed by atoms with Gasteiger partial charge in [-0.05, 0) is 52.8 Å². The summed E-state index contributed by atoms with van der Waals surface area (Å²) in [6, 6.07) is 15.0. The maximum atomic E-state index is 9.35. The van der Waals surface area contributed by atoms with Gasteiger partial charge < -0.3 is 30.5 Å². The Morgan fingerprint density at radius 2 is 1.94 bits per heavy atom. The van der Waals surface area contributed by atoms with Gasteiger partial charge in [0, 0.05) is 30.2 Å². The third kappa shape index (κ3) is 4.77. The van der Waals surface area contributed by atoms with E-state index in [1.54, 1.807) is 0 Å². The highest BCUT2D eigenvalue weighted by Crippen LogP contribution is 2.45. The largest absolute Gasteiger partial charge is 0.394 e. The van der Waals surface area contributed by atoms with Gasteiger partial charge in [0.1, 0.15) is 0 Å². The highest BCUT2D eigenvalue weighted by Gasteiger charge is 2.34. The quantitative estimate of drug-likeness (QED) is 0.533. The molecule has 0 radical (unpaired) electrons. The van der Waals surface area contributed by atoms with Gasteiger partial charge in [-0.15, -0.1) is 0 Å². The van der Waals surface area contributed by atoms with Crippen molar-refractivity contribution in [3.8, 4) is 0 Å². The smallest absolute Gasteiger partial charge is 0.0723 e. The number of fused-ring (bicyclic) bond motifs is 1. The maximum Gasteiger partial charge on any atom is 0.0723 e. The lowest BCUT2D eigenvalue weighted by atomic mass is 9.73. The normalized spacial score (nSPS) is 19.9. The number of hydrogen-bond acceptors (Lipinski definition) is 6. The fourth-order valence-corrected chi connectivity index (χ4v) is 4.72. The van der Waals surface area contributed by atoms with Crippen molar-refractivity contribution in [1.82, 2.24) is 5.32 Å². The first-order valence-electron chi connectivity index (χ1n) is 11.4. The lowest BCUT2D eigenvalue weighted by Gasteiger charge is -2.39. The molecule has 4 rings (SSSR count). The van der Waals surface area contributed by atoms with Crippen LogP contribution in [0.2, 0.25) is 0 Å². The number of rotatable bonds is 7. The molecule has 32 heavy (non-hydrogen) atoms. The summed E-state index contributed by atoms with van der Waals surface area (Å²) < 4.78 is 5.50. The number of benzene rings is 2. The molecule has 6 nitrogen and oxygen atoms in total. The summed E-state index contributed by atoms with van der Waals surface area (Å²) in [5, 5.41) is 25.6. The first-order chi connectivity index (χ1) is 15.4. The van der Waals surface area contributed by atoms with Gasteiger partial charge in [-0.25, -0.2) is 0 Å². The summed E-state index contributed by atoms with van der Waals surface area (Å²) in [5.41, 5.74) is 6.61. The van der Waals surface area contributed by atoms with Crippen molar-refractivity contribution in [2.75, 3.05) is 49.7 Å². The molecule has 0 spiro atoms. The topological polar surface area (TPSA) is 77.0 Å². The predicted octanol–water partition coefficient (Wildman–Crippen LogP) is 3.27. The Labute approximate surface area is 190 Å². The number of morpholine rings is 1. The van der Waals surface area contributed by atoms with E-state index in [9.17, 15) is 10.2 Å². The second-order valence-electron chi connectivity index (χ2n) is 9.42. The second kappa shape index (κ2) is 9.53. The fraction of sp³-hybridized carbons (Fsp3) is 0.462. The van der Waals surface area contributed by atoms with Crippen molar-refractivity contribution in [2.45, 2.75) is 37.8 Å². The number of aliphatic hydroxyl groups is 2. The lowest BCUT2D eigenvalue weighted by Crippen LogP contribution is -2.36. The van der Waals surface area contributed by atoms with Gasteiger partial charge in [-0.1, -0.05) is 38.6 Å². The average molecular weight is 438 g/mol. The van der Waals surface area contributed by atoms with Crippen molar-refractivity contribution in [3.63, 3.8) is 0 Å². The van der Waals surface area contributed by atoms with Crippen LogP contribution in [-0.4, -0.2) is 55.8 Å². The monoisotopic (exact) mass is 437 g/mol. The number of nitrogens with zero attached hydrogens (tertiary/aromatic N) is 1.